The van der Waals surface area contributed by atoms with Gasteiger partial charge in [-0.25, -0.2) is 13.8 Å². The summed E-state index contributed by atoms with van der Waals surface area (Å²) in [4.78, 5) is 21.4. The Morgan fingerprint density at radius 1 is 1.23 bits per heavy atom. The van der Waals surface area contributed by atoms with Crippen molar-refractivity contribution in [2.45, 2.75) is 38.0 Å². The van der Waals surface area contributed by atoms with Gasteiger partial charge in [0.05, 0.1) is 11.6 Å². The summed E-state index contributed by atoms with van der Waals surface area (Å²) in [5.74, 6) is -2.51. The van der Waals surface area contributed by atoms with Crippen LogP contribution in [0.5, 0.6) is 0 Å². The highest BCUT2D eigenvalue weighted by Gasteiger charge is 2.57. The average Bonchev–Trinajstić information content (AvgIpc) is 3.36. The number of aromatic nitrogens is 4. The third kappa shape index (κ3) is 3.35. The zero-order valence-corrected chi connectivity index (χ0v) is 16.9. The average molecular weight is 423 g/mol. The fraction of sp³-hybridized carbons (Fsp3) is 0.273. The Bertz CT molecular complexity index is 1300. The number of aryl methyl sites for hydroxylation is 1. The van der Waals surface area contributed by atoms with E-state index < -0.39 is 11.3 Å². The molecule has 1 N–H and O–H groups in total. The molecule has 1 saturated carbocycles. The van der Waals surface area contributed by atoms with Crippen LogP contribution in [-0.2, 0) is 5.41 Å². The summed E-state index contributed by atoms with van der Waals surface area (Å²) in [7, 11) is 0. The molecule has 1 aliphatic carbocycles. The topological polar surface area (TPSA) is 85.3 Å². The minimum absolute atomic E-state index is 0.199. The fourth-order valence-corrected chi connectivity index (χ4v) is 4.01. The van der Waals surface area contributed by atoms with Crippen molar-refractivity contribution >= 4 is 17.2 Å². The lowest BCUT2D eigenvalue weighted by Crippen LogP contribution is -2.47. The van der Waals surface area contributed by atoms with E-state index in [1.807, 2.05) is 31.2 Å². The van der Waals surface area contributed by atoms with E-state index in [0.717, 1.165) is 5.56 Å². The first-order valence-corrected chi connectivity index (χ1v) is 9.81. The third-order valence-electron chi connectivity index (χ3n) is 5.63. The molecular formula is C22H19F2N5O2. The lowest BCUT2D eigenvalue weighted by molar-refractivity contribution is -0.128. The minimum Gasteiger partial charge on any atom is -0.338 e. The quantitative estimate of drug-likeness (QED) is 0.517. The molecule has 158 valence electrons. The molecule has 1 fully saturated rings. The Labute approximate surface area is 176 Å². The van der Waals surface area contributed by atoms with Crippen LogP contribution in [0.3, 0.4) is 0 Å². The second kappa shape index (κ2) is 6.69. The molecule has 0 unspecified atom stereocenters. The van der Waals surface area contributed by atoms with Gasteiger partial charge in [-0.2, -0.15) is 4.98 Å². The second-order valence-electron chi connectivity index (χ2n) is 8.25. The largest absolute Gasteiger partial charge is 0.338 e. The van der Waals surface area contributed by atoms with Gasteiger partial charge in [0.2, 0.25) is 17.6 Å². The van der Waals surface area contributed by atoms with Gasteiger partial charge in [0.25, 0.3) is 5.91 Å². The van der Waals surface area contributed by atoms with Gasteiger partial charge < -0.3 is 9.84 Å². The van der Waals surface area contributed by atoms with Gasteiger partial charge >= 0.3 is 0 Å². The van der Waals surface area contributed by atoms with Crippen molar-refractivity contribution < 1.29 is 18.1 Å². The minimum atomic E-state index is -2.69. The lowest BCUT2D eigenvalue weighted by Gasteiger charge is -2.41. The molecule has 0 saturated heterocycles. The molecule has 4 aromatic rings. The maximum absolute atomic E-state index is 13.3. The first-order valence-electron chi connectivity index (χ1n) is 9.81. The van der Waals surface area contributed by atoms with Crippen LogP contribution in [0.25, 0.3) is 17.0 Å². The smallest absolute Gasteiger partial charge is 0.274 e. The number of hydrogen-bond donors (Lipinski definition) is 1. The van der Waals surface area contributed by atoms with E-state index in [1.54, 1.807) is 29.7 Å². The highest BCUT2D eigenvalue weighted by Crippen LogP contribution is 2.52. The number of halogens is 2. The molecule has 1 aromatic carbocycles. The number of nitrogens with zero attached hydrogens (tertiary/aromatic N) is 4. The highest BCUT2D eigenvalue weighted by molar-refractivity contribution is 6.04. The molecule has 9 heteroatoms. The maximum Gasteiger partial charge on any atom is 0.274 e. The first-order chi connectivity index (χ1) is 14.7. The number of nitrogens with one attached hydrogen (secondary N) is 1. The molecule has 7 nitrogen and oxygen atoms in total. The van der Waals surface area contributed by atoms with Gasteiger partial charge in [-0.15, -0.1) is 0 Å². The van der Waals surface area contributed by atoms with Gasteiger partial charge in [-0.1, -0.05) is 30.3 Å². The van der Waals surface area contributed by atoms with E-state index in [0.29, 0.717) is 22.6 Å². The van der Waals surface area contributed by atoms with Crippen molar-refractivity contribution in [3.8, 4) is 11.4 Å². The maximum atomic E-state index is 13.3. The Balaban J connectivity index is 1.41. The number of fused-ring (bicyclic) bond motifs is 1. The fourth-order valence-electron chi connectivity index (χ4n) is 4.01. The van der Waals surface area contributed by atoms with Crippen molar-refractivity contribution in [1.29, 1.82) is 0 Å². The van der Waals surface area contributed by atoms with Crippen LogP contribution in [0.15, 0.2) is 53.3 Å². The third-order valence-corrected chi connectivity index (χ3v) is 5.63. The number of amides is 1. The summed E-state index contributed by atoms with van der Waals surface area (Å²) < 4.78 is 33.7. The zero-order valence-electron chi connectivity index (χ0n) is 16.9. The Hall–Kier alpha value is -3.62. The standard InChI is InChI=1S/C22H19F2N5O2/c1-13-6-7-14(18-27-20(31-28-18)21(2)11-22(23,24)12-21)9-15(13)26-19(30)16-10-25-17-5-3-4-8-29(16)17/h3-10H,11-12H2,1-2H3,(H,26,30). The van der Waals surface area contributed by atoms with Crippen LogP contribution >= 0.6 is 0 Å². The molecular weight excluding hydrogens is 404 g/mol. The van der Waals surface area contributed by atoms with Crippen molar-refractivity contribution in [2.75, 3.05) is 5.32 Å². The monoisotopic (exact) mass is 423 g/mol. The van der Waals surface area contributed by atoms with Crippen LogP contribution < -0.4 is 5.32 Å². The van der Waals surface area contributed by atoms with Crippen LogP contribution in [-0.4, -0.2) is 31.4 Å². The molecule has 31 heavy (non-hydrogen) atoms. The van der Waals surface area contributed by atoms with Crippen molar-refractivity contribution in [3.63, 3.8) is 0 Å². The number of imidazole rings is 1. The van der Waals surface area contributed by atoms with Gasteiger partial charge in [0.15, 0.2) is 0 Å². The van der Waals surface area contributed by atoms with Gasteiger partial charge in [-0.05, 0) is 30.7 Å². The van der Waals surface area contributed by atoms with Crippen molar-refractivity contribution in [2.24, 2.45) is 0 Å². The molecule has 5 rings (SSSR count). The van der Waals surface area contributed by atoms with Crippen molar-refractivity contribution in [3.05, 3.63) is 65.9 Å². The van der Waals surface area contributed by atoms with Gasteiger partial charge in [-0.3, -0.25) is 9.20 Å². The van der Waals surface area contributed by atoms with Crippen molar-refractivity contribution in [1.82, 2.24) is 19.5 Å². The number of pyridine rings is 1. The summed E-state index contributed by atoms with van der Waals surface area (Å²) >= 11 is 0. The number of anilines is 1. The Kier molecular flexibility index (Phi) is 4.18. The van der Waals surface area contributed by atoms with Crippen LogP contribution in [0.2, 0.25) is 0 Å². The summed E-state index contributed by atoms with van der Waals surface area (Å²) in [6.07, 6.45) is 2.67. The number of hydrogen-bond acceptors (Lipinski definition) is 5. The predicted octanol–water partition coefficient (Wildman–Crippen LogP) is 4.63. The van der Waals surface area contributed by atoms with E-state index >= 15 is 0 Å². The van der Waals surface area contributed by atoms with Gasteiger partial charge in [0.1, 0.15) is 11.3 Å². The van der Waals surface area contributed by atoms with Crippen LogP contribution in [0.1, 0.15) is 41.7 Å². The zero-order chi connectivity index (χ0) is 21.8. The number of carbonyl (C=O) groups is 1. The molecule has 3 heterocycles. The molecule has 1 aliphatic rings. The van der Waals surface area contributed by atoms with Gasteiger partial charge in [0, 0.05) is 30.3 Å². The van der Waals surface area contributed by atoms with Crippen LogP contribution in [0, 0.1) is 6.92 Å². The first kappa shape index (κ1) is 19.3. The lowest BCUT2D eigenvalue weighted by atomic mass is 9.67. The predicted molar refractivity (Wildman–Crippen MR) is 109 cm³/mol. The molecule has 0 spiro atoms. The Morgan fingerprint density at radius 3 is 2.81 bits per heavy atom. The van der Waals surface area contributed by atoms with E-state index in [4.69, 9.17) is 4.52 Å². The highest BCUT2D eigenvalue weighted by atomic mass is 19.3. The second-order valence-corrected chi connectivity index (χ2v) is 8.25. The summed E-state index contributed by atoms with van der Waals surface area (Å²) in [5.41, 5.74) is 2.30. The van der Waals surface area contributed by atoms with E-state index in [1.165, 1.54) is 6.20 Å². The number of alkyl halides is 2. The molecule has 0 radical (unpaired) electrons. The van der Waals surface area contributed by atoms with E-state index in [-0.39, 0.29) is 30.5 Å². The SMILES string of the molecule is Cc1ccc(-c2noc(C3(C)CC(F)(F)C3)n2)cc1NC(=O)c1cnc2ccccn12. The molecule has 3 aromatic heterocycles. The molecule has 0 bridgehead atoms. The Morgan fingerprint density at radius 2 is 2.03 bits per heavy atom. The van der Waals surface area contributed by atoms with E-state index in [2.05, 4.69) is 20.4 Å². The normalized spacial score (nSPS) is 16.8. The molecule has 0 atom stereocenters. The summed E-state index contributed by atoms with van der Waals surface area (Å²) in [6, 6.07) is 10.9. The van der Waals surface area contributed by atoms with E-state index in [9.17, 15) is 13.6 Å². The summed E-state index contributed by atoms with van der Waals surface area (Å²) in [6.45, 7) is 3.56. The molecule has 1 amide bonds. The number of rotatable bonds is 4. The number of benzene rings is 1. The molecule has 0 aliphatic heterocycles. The number of carbonyl (C=O) groups excluding carboxylic acids is 1. The van der Waals surface area contributed by atoms with Crippen LogP contribution in [0.4, 0.5) is 14.5 Å². The summed E-state index contributed by atoms with van der Waals surface area (Å²) in [5, 5.41) is 6.87.